The van der Waals surface area contributed by atoms with Crippen molar-refractivity contribution in [3.8, 4) is 28.7 Å². The Kier molecular flexibility index (Phi) is 4.99. The summed E-state index contributed by atoms with van der Waals surface area (Å²) in [5, 5.41) is 17.2. The number of hydrogen-bond donors (Lipinski definition) is 1. The Morgan fingerprint density at radius 2 is 1.63 bits per heavy atom. The van der Waals surface area contributed by atoms with E-state index in [1.165, 1.54) is 12.1 Å². The molecule has 2 aromatic carbocycles. The van der Waals surface area contributed by atoms with Gasteiger partial charge in [0.1, 0.15) is 5.75 Å². The minimum absolute atomic E-state index is 0.101. The fourth-order valence-corrected chi connectivity index (χ4v) is 2.74. The minimum atomic E-state index is -0.975. The Labute approximate surface area is 157 Å². The lowest BCUT2D eigenvalue weighted by atomic mass is 9.85. The topological polar surface area (TPSA) is 85.5 Å². The van der Waals surface area contributed by atoms with E-state index in [0.717, 1.165) is 16.9 Å². The van der Waals surface area contributed by atoms with Gasteiger partial charge in [-0.05, 0) is 54.8 Å². The Hall–Kier alpha value is -3.15. The van der Waals surface area contributed by atoms with Gasteiger partial charge in [-0.25, -0.2) is 4.79 Å². The van der Waals surface area contributed by atoms with Crippen LogP contribution in [0.1, 0.15) is 43.6 Å². The van der Waals surface area contributed by atoms with Crippen molar-refractivity contribution in [1.82, 2.24) is 10.2 Å². The molecule has 0 saturated heterocycles. The molecule has 0 radical (unpaired) electrons. The van der Waals surface area contributed by atoms with Crippen LogP contribution in [-0.4, -0.2) is 27.9 Å². The summed E-state index contributed by atoms with van der Waals surface area (Å²) in [7, 11) is 0. The van der Waals surface area contributed by atoms with E-state index >= 15 is 0 Å². The second-order valence-electron chi connectivity index (χ2n) is 7.19. The van der Waals surface area contributed by atoms with Gasteiger partial charge in [-0.2, -0.15) is 0 Å². The quantitative estimate of drug-likeness (QED) is 0.698. The molecular weight excluding hydrogens is 344 g/mol. The number of ether oxygens (including phenoxy) is 1. The number of aromatic nitrogens is 2. The summed E-state index contributed by atoms with van der Waals surface area (Å²) in [4.78, 5) is 11.0. The zero-order chi connectivity index (χ0) is 19.6. The van der Waals surface area contributed by atoms with Gasteiger partial charge in [-0.1, -0.05) is 20.8 Å². The average molecular weight is 366 g/mol. The number of carboxylic acid groups (broad SMARTS) is 1. The lowest BCUT2D eigenvalue weighted by Gasteiger charge is -2.23. The van der Waals surface area contributed by atoms with Crippen LogP contribution < -0.4 is 4.74 Å². The summed E-state index contributed by atoms with van der Waals surface area (Å²) in [5.74, 6) is 0.614. The first-order valence-electron chi connectivity index (χ1n) is 8.74. The first-order valence-corrected chi connectivity index (χ1v) is 8.74. The van der Waals surface area contributed by atoms with Crippen molar-refractivity contribution in [3.05, 3.63) is 53.6 Å². The van der Waals surface area contributed by atoms with E-state index in [2.05, 4.69) is 31.0 Å². The molecule has 0 spiro atoms. The minimum Gasteiger partial charge on any atom is -0.494 e. The number of nitrogens with zero attached hydrogens (tertiary/aromatic N) is 2. The number of carboxylic acids is 1. The van der Waals surface area contributed by atoms with Gasteiger partial charge in [0.15, 0.2) is 0 Å². The van der Waals surface area contributed by atoms with Crippen LogP contribution in [0.2, 0.25) is 0 Å². The lowest BCUT2D eigenvalue weighted by molar-refractivity contribution is 0.0697. The highest BCUT2D eigenvalue weighted by Gasteiger charge is 2.21. The summed E-state index contributed by atoms with van der Waals surface area (Å²) in [6, 6.07) is 12.1. The standard InChI is InChI=1S/C21H22N2O4/c1-5-26-17-11-10-15(12-16(17)21(2,3)4)19-23-22-18(27-19)13-6-8-14(9-7-13)20(24)25/h6-12H,5H2,1-4H3,(H,24,25). The molecule has 0 aliphatic heterocycles. The van der Waals surface area contributed by atoms with Crippen molar-refractivity contribution in [1.29, 1.82) is 0 Å². The van der Waals surface area contributed by atoms with Crippen LogP contribution in [0.5, 0.6) is 5.75 Å². The van der Waals surface area contributed by atoms with Crippen molar-refractivity contribution in [2.24, 2.45) is 0 Å². The second-order valence-corrected chi connectivity index (χ2v) is 7.19. The molecule has 6 heteroatoms. The fourth-order valence-electron chi connectivity index (χ4n) is 2.74. The van der Waals surface area contributed by atoms with Gasteiger partial charge >= 0.3 is 5.97 Å². The fraction of sp³-hybridized carbons (Fsp3) is 0.286. The molecule has 1 heterocycles. The molecule has 1 N–H and O–H groups in total. The Morgan fingerprint density at radius 3 is 2.19 bits per heavy atom. The van der Waals surface area contributed by atoms with Gasteiger partial charge in [-0.3, -0.25) is 0 Å². The van der Waals surface area contributed by atoms with Gasteiger partial charge in [0.25, 0.3) is 0 Å². The summed E-state index contributed by atoms with van der Waals surface area (Å²) < 4.78 is 11.6. The van der Waals surface area contributed by atoms with Gasteiger partial charge in [0.2, 0.25) is 11.8 Å². The Morgan fingerprint density at radius 1 is 1.04 bits per heavy atom. The number of benzene rings is 2. The van der Waals surface area contributed by atoms with Crippen LogP contribution in [0, 0.1) is 0 Å². The number of hydrogen-bond acceptors (Lipinski definition) is 5. The molecule has 0 aliphatic carbocycles. The number of carbonyl (C=O) groups is 1. The van der Waals surface area contributed by atoms with Gasteiger partial charge in [0.05, 0.1) is 12.2 Å². The molecular formula is C21H22N2O4. The zero-order valence-electron chi connectivity index (χ0n) is 15.8. The molecule has 6 nitrogen and oxygen atoms in total. The van der Waals surface area contributed by atoms with Crippen LogP contribution >= 0.6 is 0 Å². The van der Waals surface area contributed by atoms with Crippen molar-refractivity contribution in [2.45, 2.75) is 33.1 Å². The maximum atomic E-state index is 11.0. The van der Waals surface area contributed by atoms with E-state index in [1.807, 2.05) is 25.1 Å². The van der Waals surface area contributed by atoms with Crippen molar-refractivity contribution in [3.63, 3.8) is 0 Å². The summed E-state index contributed by atoms with van der Waals surface area (Å²) in [5.41, 5.74) is 2.65. The van der Waals surface area contributed by atoms with Gasteiger partial charge < -0.3 is 14.3 Å². The average Bonchev–Trinajstić information content (AvgIpc) is 3.11. The first kappa shape index (κ1) is 18.6. The maximum Gasteiger partial charge on any atom is 0.335 e. The predicted octanol–water partition coefficient (Wildman–Crippen LogP) is 4.80. The van der Waals surface area contributed by atoms with Crippen molar-refractivity contribution >= 4 is 5.97 Å². The third-order valence-corrected chi connectivity index (χ3v) is 4.14. The van der Waals surface area contributed by atoms with E-state index in [9.17, 15) is 4.79 Å². The highest BCUT2D eigenvalue weighted by Crippen LogP contribution is 2.35. The molecule has 3 aromatic rings. The maximum absolute atomic E-state index is 11.0. The molecule has 0 aliphatic rings. The third kappa shape index (κ3) is 4.00. The molecule has 0 atom stereocenters. The summed E-state index contributed by atoms with van der Waals surface area (Å²) >= 11 is 0. The molecule has 1 aromatic heterocycles. The first-order chi connectivity index (χ1) is 12.8. The largest absolute Gasteiger partial charge is 0.494 e. The van der Waals surface area contributed by atoms with E-state index < -0.39 is 5.97 Å². The number of aromatic carboxylic acids is 1. The molecule has 0 amide bonds. The highest BCUT2D eigenvalue weighted by atomic mass is 16.5. The summed E-state index contributed by atoms with van der Waals surface area (Å²) in [6.45, 7) is 8.92. The SMILES string of the molecule is CCOc1ccc(-c2nnc(-c3ccc(C(=O)O)cc3)o2)cc1C(C)(C)C. The molecule has 0 bridgehead atoms. The van der Waals surface area contributed by atoms with Crippen LogP contribution in [0.15, 0.2) is 46.9 Å². The van der Waals surface area contributed by atoms with Crippen LogP contribution in [0.25, 0.3) is 22.9 Å². The number of rotatable bonds is 5. The molecule has 0 fully saturated rings. The van der Waals surface area contributed by atoms with Crippen LogP contribution in [0.4, 0.5) is 0 Å². The summed E-state index contributed by atoms with van der Waals surface area (Å²) in [6.07, 6.45) is 0. The van der Waals surface area contributed by atoms with Gasteiger partial charge in [-0.15, -0.1) is 10.2 Å². The van der Waals surface area contributed by atoms with Crippen LogP contribution in [0.3, 0.4) is 0 Å². The van der Waals surface area contributed by atoms with Crippen molar-refractivity contribution < 1.29 is 19.1 Å². The highest BCUT2D eigenvalue weighted by molar-refractivity contribution is 5.88. The third-order valence-electron chi connectivity index (χ3n) is 4.14. The van der Waals surface area contributed by atoms with E-state index in [0.29, 0.717) is 24.0 Å². The van der Waals surface area contributed by atoms with E-state index in [4.69, 9.17) is 14.3 Å². The molecule has 140 valence electrons. The van der Waals surface area contributed by atoms with Crippen molar-refractivity contribution in [2.75, 3.05) is 6.61 Å². The zero-order valence-corrected chi connectivity index (χ0v) is 15.8. The normalized spacial score (nSPS) is 11.4. The molecule has 0 saturated carbocycles. The Bertz CT molecular complexity index is 953. The monoisotopic (exact) mass is 366 g/mol. The van der Waals surface area contributed by atoms with Crippen LogP contribution in [-0.2, 0) is 5.41 Å². The smallest absolute Gasteiger partial charge is 0.335 e. The van der Waals surface area contributed by atoms with E-state index in [-0.39, 0.29) is 11.0 Å². The lowest BCUT2D eigenvalue weighted by Crippen LogP contribution is -2.13. The Balaban J connectivity index is 1.95. The van der Waals surface area contributed by atoms with Gasteiger partial charge in [0, 0.05) is 16.7 Å². The molecule has 0 unspecified atom stereocenters. The predicted molar refractivity (Wildman–Crippen MR) is 102 cm³/mol. The molecule has 27 heavy (non-hydrogen) atoms. The van der Waals surface area contributed by atoms with E-state index in [1.54, 1.807) is 12.1 Å². The second kappa shape index (κ2) is 7.23. The molecule has 3 rings (SSSR count).